The first-order valence-corrected chi connectivity index (χ1v) is 6.56. The predicted octanol–water partition coefficient (Wildman–Crippen LogP) is 1.06. The number of thiazole rings is 1. The van der Waals surface area contributed by atoms with Crippen LogP contribution < -0.4 is 15.2 Å². The smallest absolute Gasteiger partial charge is 0.183 e. The van der Waals surface area contributed by atoms with Gasteiger partial charge in [-0.25, -0.2) is 4.98 Å². The van der Waals surface area contributed by atoms with Crippen molar-refractivity contribution in [3.8, 4) is 5.75 Å². The van der Waals surface area contributed by atoms with Gasteiger partial charge in [-0.05, 0) is 17.7 Å². The zero-order valence-corrected chi connectivity index (χ0v) is 11.2. The van der Waals surface area contributed by atoms with E-state index in [1.54, 1.807) is 12.5 Å². The standard InChI is InChI=1S/C13H14N2O3S/c1-18-11-4-2-3-9(5-11)7-14-13-15-10(8-19-13)6-12(16)17/h2-5,8H,6-7H2,1H3,(H,14,15)(H,16,17)/p-1. The van der Waals surface area contributed by atoms with Gasteiger partial charge in [0.05, 0.1) is 12.8 Å². The number of aromatic nitrogens is 1. The number of aliphatic carboxylic acids is 1. The molecular formula is C13H13N2O3S-. The van der Waals surface area contributed by atoms with Gasteiger partial charge in [-0.3, -0.25) is 0 Å². The summed E-state index contributed by atoms with van der Waals surface area (Å²) in [6.07, 6.45) is -0.155. The molecule has 1 heterocycles. The molecule has 1 aromatic heterocycles. The Morgan fingerprint density at radius 3 is 3.11 bits per heavy atom. The topological polar surface area (TPSA) is 74.3 Å². The van der Waals surface area contributed by atoms with E-state index in [0.717, 1.165) is 11.3 Å². The van der Waals surface area contributed by atoms with Crippen molar-refractivity contribution in [2.75, 3.05) is 12.4 Å². The zero-order valence-electron chi connectivity index (χ0n) is 10.4. The molecule has 0 saturated carbocycles. The van der Waals surface area contributed by atoms with Crippen molar-refractivity contribution in [3.05, 3.63) is 40.9 Å². The summed E-state index contributed by atoms with van der Waals surface area (Å²) in [7, 11) is 1.62. The number of carboxylic acid groups (broad SMARTS) is 1. The van der Waals surface area contributed by atoms with E-state index in [1.807, 2.05) is 24.3 Å². The molecule has 0 atom stereocenters. The predicted molar refractivity (Wildman–Crippen MR) is 71.1 cm³/mol. The van der Waals surface area contributed by atoms with Gasteiger partial charge in [0.25, 0.3) is 0 Å². The van der Waals surface area contributed by atoms with Gasteiger partial charge in [-0.2, -0.15) is 0 Å². The highest BCUT2D eigenvalue weighted by molar-refractivity contribution is 7.13. The number of hydrogen-bond donors (Lipinski definition) is 1. The lowest BCUT2D eigenvalue weighted by molar-refractivity contribution is -0.304. The number of hydrogen-bond acceptors (Lipinski definition) is 6. The van der Waals surface area contributed by atoms with E-state index in [2.05, 4.69) is 10.3 Å². The van der Waals surface area contributed by atoms with Crippen LogP contribution in [0.5, 0.6) is 5.75 Å². The van der Waals surface area contributed by atoms with Gasteiger partial charge in [0, 0.05) is 24.3 Å². The van der Waals surface area contributed by atoms with Crippen molar-refractivity contribution in [2.45, 2.75) is 13.0 Å². The largest absolute Gasteiger partial charge is 0.550 e. The van der Waals surface area contributed by atoms with Crippen LogP contribution in [0.4, 0.5) is 5.13 Å². The summed E-state index contributed by atoms with van der Waals surface area (Å²) in [5.41, 5.74) is 1.58. The number of anilines is 1. The number of nitrogens with one attached hydrogen (secondary N) is 1. The number of carbonyl (C=O) groups is 1. The number of nitrogens with zero attached hydrogens (tertiary/aromatic N) is 1. The number of methoxy groups -OCH3 is 1. The molecular weight excluding hydrogens is 264 g/mol. The Balaban J connectivity index is 1.94. The highest BCUT2D eigenvalue weighted by Gasteiger charge is 2.02. The van der Waals surface area contributed by atoms with E-state index in [4.69, 9.17) is 4.74 Å². The first kappa shape index (κ1) is 13.4. The first-order valence-electron chi connectivity index (χ1n) is 5.68. The molecule has 2 aromatic rings. The highest BCUT2D eigenvalue weighted by atomic mass is 32.1. The van der Waals surface area contributed by atoms with Crippen molar-refractivity contribution >= 4 is 22.4 Å². The minimum absolute atomic E-state index is 0.155. The van der Waals surface area contributed by atoms with Crippen molar-refractivity contribution in [1.29, 1.82) is 0 Å². The maximum absolute atomic E-state index is 10.4. The summed E-state index contributed by atoms with van der Waals surface area (Å²) in [5, 5.41) is 16.0. The molecule has 0 aliphatic rings. The van der Waals surface area contributed by atoms with E-state index in [1.165, 1.54) is 11.3 Å². The van der Waals surface area contributed by atoms with Crippen LogP contribution in [-0.4, -0.2) is 18.1 Å². The lowest BCUT2D eigenvalue weighted by Crippen LogP contribution is -2.24. The average molecular weight is 277 g/mol. The van der Waals surface area contributed by atoms with Crippen LogP contribution in [0.1, 0.15) is 11.3 Å². The SMILES string of the molecule is COc1cccc(CNc2nc(CC(=O)[O-])cs2)c1. The molecule has 0 aliphatic carbocycles. The Morgan fingerprint density at radius 2 is 2.37 bits per heavy atom. The Kier molecular flexibility index (Phi) is 4.35. The van der Waals surface area contributed by atoms with E-state index >= 15 is 0 Å². The van der Waals surface area contributed by atoms with E-state index in [9.17, 15) is 9.90 Å². The van der Waals surface area contributed by atoms with Crippen LogP contribution in [-0.2, 0) is 17.8 Å². The fourth-order valence-corrected chi connectivity index (χ4v) is 2.29. The van der Waals surface area contributed by atoms with Crippen LogP contribution in [0, 0.1) is 0 Å². The van der Waals surface area contributed by atoms with Gasteiger partial charge in [0.15, 0.2) is 5.13 Å². The Hall–Kier alpha value is -2.08. The summed E-state index contributed by atoms with van der Waals surface area (Å²) < 4.78 is 5.14. The molecule has 0 aliphatic heterocycles. The number of benzene rings is 1. The van der Waals surface area contributed by atoms with Crippen molar-refractivity contribution in [3.63, 3.8) is 0 Å². The third-order valence-corrected chi connectivity index (χ3v) is 3.30. The quantitative estimate of drug-likeness (QED) is 0.854. The van der Waals surface area contributed by atoms with Crippen LogP contribution in [0.15, 0.2) is 29.6 Å². The van der Waals surface area contributed by atoms with E-state index < -0.39 is 5.97 Å². The van der Waals surface area contributed by atoms with Crippen LogP contribution in [0.2, 0.25) is 0 Å². The number of carbonyl (C=O) groups excluding carboxylic acids is 1. The maximum Gasteiger partial charge on any atom is 0.183 e. The van der Waals surface area contributed by atoms with Crippen molar-refractivity contribution in [1.82, 2.24) is 4.98 Å². The number of ether oxygens (including phenoxy) is 1. The first-order chi connectivity index (χ1) is 9.17. The Morgan fingerprint density at radius 1 is 1.53 bits per heavy atom. The van der Waals surface area contributed by atoms with Gasteiger partial charge in [-0.1, -0.05) is 12.1 Å². The van der Waals surface area contributed by atoms with E-state index in [0.29, 0.717) is 17.4 Å². The van der Waals surface area contributed by atoms with Crippen LogP contribution >= 0.6 is 11.3 Å². The lowest BCUT2D eigenvalue weighted by atomic mass is 10.2. The van der Waals surface area contributed by atoms with Gasteiger partial charge in [0.2, 0.25) is 0 Å². The molecule has 6 heteroatoms. The Labute approximate surface area is 114 Å². The van der Waals surface area contributed by atoms with Crippen molar-refractivity contribution < 1.29 is 14.6 Å². The third-order valence-electron chi connectivity index (χ3n) is 2.46. The second kappa shape index (κ2) is 6.19. The monoisotopic (exact) mass is 277 g/mol. The summed E-state index contributed by atoms with van der Waals surface area (Å²) in [6, 6.07) is 7.71. The molecule has 0 spiro atoms. The summed E-state index contributed by atoms with van der Waals surface area (Å²) in [6.45, 7) is 0.607. The van der Waals surface area contributed by atoms with Gasteiger partial charge in [-0.15, -0.1) is 11.3 Å². The number of carboxylic acids is 1. The third kappa shape index (κ3) is 3.96. The molecule has 100 valence electrons. The molecule has 0 fully saturated rings. The molecule has 0 saturated heterocycles. The molecule has 0 unspecified atom stereocenters. The Bertz CT molecular complexity index is 569. The minimum Gasteiger partial charge on any atom is -0.550 e. The fraction of sp³-hybridized carbons (Fsp3) is 0.231. The second-order valence-corrected chi connectivity index (χ2v) is 4.76. The minimum atomic E-state index is -1.12. The van der Waals surface area contributed by atoms with Crippen LogP contribution in [0.3, 0.4) is 0 Å². The lowest BCUT2D eigenvalue weighted by Gasteiger charge is -2.05. The summed E-state index contributed by atoms with van der Waals surface area (Å²) >= 11 is 1.38. The molecule has 5 nitrogen and oxygen atoms in total. The summed E-state index contributed by atoms with van der Waals surface area (Å²) in [4.78, 5) is 14.6. The van der Waals surface area contributed by atoms with Crippen molar-refractivity contribution in [2.24, 2.45) is 0 Å². The molecule has 1 aromatic carbocycles. The average Bonchev–Trinajstić information content (AvgIpc) is 2.83. The molecule has 0 radical (unpaired) electrons. The molecule has 2 rings (SSSR count). The molecule has 0 bridgehead atoms. The highest BCUT2D eigenvalue weighted by Crippen LogP contribution is 2.18. The van der Waals surface area contributed by atoms with Gasteiger partial charge in [0.1, 0.15) is 5.75 Å². The van der Waals surface area contributed by atoms with Gasteiger partial charge >= 0.3 is 0 Å². The maximum atomic E-state index is 10.4. The normalized spacial score (nSPS) is 10.2. The summed E-state index contributed by atoms with van der Waals surface area (Å²) in [5.74, 6) is -0.319. The van der Waals surface area contributed by atoms with Gasteiger partial charge < -0.3 is 20.0 Å². The zero-order chi connectivity index (χ0) is 13.7. The molecule has 1 N–H and O–H groups in total. The fourth-order valence-electron chi connectivity index (χ4n) is 1.58. The molecule has 19 heavy (non-hydrogen) atoms. The molecule has 0 amide bonds. The van der Waals surface area contributed by atoms with E-state index in [-0.39, 0.29) is 6.42 Å². The number of rotatable bonds is 6. The second-order valence-electron chi connectivity index (χ2n) is 3.90. The van der Waals surface area contributed by atoms with Crippen LogP contribution in [0.25, 0.3) is 0 Å².